The fourth-order valence-corrected chi connectivity index (χ4v) is 3.19. The van der Waals surface area contributed by atoms with Gasteiger partial charge in [-0.2, -0.15) is 8.42 Å². The van der Waals surface area contributed by atoms with E-state index in [0.717, 1.165) is 12.7 Å². The molecule has 2 unspecified atom stereocenters. The molecule has 0 heterocycles. The normalized spacial score (nSPS) is 26.5. The molecule has 0 aliphatic heterocycles. The summed E-state index contributed by atoms with van der Waals surface area (Å²) in [6, 6.07) is 0. The van der Waals surface area contributed by atoms with Crippen LogP contribution in [0.25, 0.3) is 0 Å². The Hall–Kier alpha value is -0.420. The van der Waals surface area contributed by atoms with Crippen molar-refractivity contribution < 1.29 is 17.4 Å². The van der Waals surface area contributed by atoms with Gasteiger partial charge in [-0.25, -0.2) is 0 Å². The van der Waals surface area contributed by atoms with Crippen LogP contribution in [0.2, 0.25) is 0 Å². The van der Waals surface area contributed by atoms with Gasteiger partial charge in [0, 0.05) is 11.3 Å². The zero-order valence-corrected chi connectivity index (χ0v) is 12.0. The molecule has 0 aromatic heterocycles. The largest absolute Gasteiger partial charge is 0.299 e. The molecule has 2 atom stereocenters. The summed E-state index contributed by atoms with van der Waals surface area (Å²) in [4.78, 5) is 12.2. The minimum Gasteiger partial charge on any atom is -0.299 e. The maximum absolute atomic E-state index is 12.2. The van der Waals surface area contributed by atoms with Crippen LogP contribution in [-0.4, -0.2) is 26.6 Å². The summed E-state index contributed by atoms with van der Waals surface area (Å²) in [5, 5.41) is 0. The second-order valence-corrected chi connectivity index (χ2v) is 7.50. The summed E-state index contributed by atoms with van der Waals surface area (Å²) >= 11 is 0. The monoisotopic (exact) mass is 262 g/mol. The van der Waals surface area contributed by atoms with E-state index in [0.29, 0.717) is 6.42 Å². The first kappa shape index (κ1) is 14.6. The lowest BCUT2D eigenvalue weighted by molar-refractivity contribution is -0.130. The van der Waals surface area contributed by atoms with Crippen molar-refractivity contribution in [2.45, 2.75) is 46.6 Å². The first-order valence-electron chi connectivity index (χ1n) is 5.97. The van der Waals surface area contributed by atoms with Crippen LogP contribution in [0.5, 0.6) is 0 Å². The third-order valence-electron chi connectivity index (χ3n) is 3.42. The molecule has 0 saturated heterocycles. The Morgan fingerprint density at radius 2 is 1.88 bits per heavy atom. The molecule has 1 saturated carbocycles. The van der Waals surface area contributed by atoms with Crippen LogP contribution in [0.4, 0.5) is 0 Å². The molecule has 1 aliphatic rings. The van der Waals surface area contributed by atoms with Gasteiger partial charge < -0.3 is 0 Å². The molecule has 0 bridgehead atoms. The highest BCUT2D eigenvalue weighted by molar-refractivity contribution is 7.86. The summed E-state index contributed by atoms with van der Waals surface area (Å²) in [7, 11) is -3.52. The van der Waals surface area contributed by atoms with Crippen molar-refractivity contribution in [2.24, 2.45) is 17.3 Å². The summed E-state index contributed by atoms with van der Waals surface area (Å²) in [5.74, 6) is -0.160. The molecule has 4 nitrogen and oxygen atoms in total. The Labute approximate surface area is 104 Å². The SMILES string of the molecule is CC(C)C(OS(C)(=O)=O)C1CCC(C)(C)C1=O. The predicted octanol–water partition coefficient (Wildman–Crippen LogP) is 1.99. The van der Waals surface area contributed by atoms with Crippen molar-refractivity contribution in [1.29, 1.82) is 0 Å². The zero-order chi connectivity index (χ0) is 13.4. The Bertz CT molecular complexity index is 395. The number of ketones is 1. The van der Waals surface area contributed by atoms with Crippen molar-refractivity contribution in [2.75, 3.05) is 6.26 Å². The third kappa shape index (κ3) is 3.52. The van der Waals surface area contributed by atoms with E-state index in [1.165, 1.54) is 0 Å². The number of rotatable bonds is 4. The van der Waals surface area contributed by atoms with Gasteiger partial charge >= 0.3 is 0 Å². The van der Waals surface area contributed by atoms with Crippen LogP contribution in [-0.2, 0) is 19.1 Å². The smallest absolute Gasteiger partial charge is 0.264 e. The van der Waals surface area contributed by atoms with Crippen LogP contribution < -0.4 is 0 Å². The molecule has 0 aromatic carbocycles. The first-order chi connectivity index (χ1) is 7.54. The van der Waals surface area contributed by atoms with E-state index in [-0.39, 0.29) is 23.0 Å². The molecular formula is C12H22O4S. The van der Waals surface area contributed by atoms with Gasteiger partial charge in [-0.3, -0.25) is 8.98 Å². The predicted molar refractivity (Wildman–Crippen MR) is 66.1 cm³/mol. The number of hydrogen-bond donors (Lipinski definition) is 0. The Morgan fingerprint density at radius 3 is 2.18 bits per heavy atom. The second kappa shape index (κ2) is 4.69. The zero-order valence-electron chi connectivity index (χ0n) is 11.2. The topological polar surface area (TPSA) is 60.4 Å². The van der Waals surface area contributed by atoms with E-state index in [1.807, 2.05) is 27.7 Å². The molecule has 0 aromatic rings. The van der Waals surface area contributed by atoms with Crippen LogP contribution in [0.3, 0.4) is 0 Å². The number of hydrogen-bond acceptors (Lipinski definition) is 4. The van der Waals surface area contributed by atoms with Crippen LogP contribution in [0.15, 0.2) is 0 Å². The molecular weight excluding hydrogens is 240 g/mol. The molecule has 100 valence electrons. The minimum atomic E-state index is -3.52. The number of carbonyl (C=O) groups is 1. The average Bonchev–Trinajstić information content (AvgIpc) is 2.37. The standard InChI is InChI=1S/C12H22O4S/c1-8(2)10(16-17(5,14)15)9-6-7-12(3,4)11(9)13/h8-10H,6-7H2,1-5H3. The second-order valence-electron chi connectivity index (χ2n) is 5.90. The van der Waals surface area contributed by atoms with Crippen molar-refractivity contribution >= 4 is 15.9 Å². The summed E-state index contributed by atoms with van der Waals surface area (Å²) in [6.45, 7) is 7.59. The fraction of sp³-hybridized carbons (Fsp3) is 0.917. The lowest BCUT2D eigenvalue weighted by Gasteiger charge is -2.26. The van der Waals surface area contributed by atoms with E-state index >= 15 is 0 Å². The average molecular weight is 262 g/mol. The summed E-state index contributed by atoms with van der Waals surface area (Å²) in [6.07, 6.45) is 2.02. The van der Waals surface area contributed by atoms with E-state index in [9.17, 15) is 13.2 Å². The Morgan fingerprint density at radius 1 is 1.35 bits per heavy atom. The van der Waals surface area contributed by atoms with E-state index in [2.05, 4.69) is 0 Å². The molecule has 1 fully saturated rings. The Kier molecular flexibility index (Phi) is 4.04. The number of Topliss-reactive ketones (excluding diaryl/α,β-unsaturated/α-hetero) is 1. The molecule has 0 radical (unpaired) electrons. The van der Waals surface area contributed by atoms with E-state index in [4.69, 9.17) is 4.18 Å². The molecule has 1 rings (SSSR count). The van der Waals surface area contributed by atoms with Gasteiger partial charge in [0.2, 0.25) is 0 Å². The van der Waals surface area contributed by atoms with Gasteiger partial charge in [0.25, 0.3) is 10.1 Å². The molecule has 0 amide bonds. The van der Waals surface area contributed by atoms with Crippen molar-refractivity contribution in [3.63, 3.8) is 0 Å². The van der Waals surface area contributed by atoms with Crippen LogP contribution in [0.1, 0.15) is 40.5 Å². The van der Waals surface area contributed by atoms with Gasteiger partial charge in [-0.05, 0) is 18.8 Å². The highest BCUT2D eigenvalue weighted by Gasteiger charge is 2.46. The van der Waals surface area contributed by atoms with Crippen molar-refractivity contribution in [3.8, 4) is 0 Å². The highest BCUT2D eigenvalue weighted by Crippen LogP contribution is 2.41. The van der Waals surface area contributed by atoms with E-state index < -0.39 is 16.2 Å². The van der Waals surface area contributed by atoms with Gasteiger partial charge in [-0.15, -0.1) is 0 Å². The molecule has 1 aliphatic carbocycles. The maximum atomic E-state index is 12.2. The summed E-state index contributed by atoms with van der Waals surface area (Å²) in [5.41, 5.74) is -0.349. The van der Waals surface area contributed by atoms with E-state index in [1.54, 1.807) is 0 Å². The molecule has 17 heavy (non-hydrogen) atoms. The van der Waals surface area contributed by atoms with Gasteiger partial charge in [0.1, 0.15) is 5.78 Å². The summed E-state index contributed by atoms with van der Waals surface area (Å²) < 4.78 is 27.6. The van der Waals surface area contributed by atoms with Crippen LogP contribution >= 0.6 is 0 Å². The van der Waals surface area contributed by atoms with Crippen molar-refractivity contribution in [1.82, 2.24) is 0 Å². The van der Waals surface area contributed by atoms with Gasteiger partial charge in [-0.1, -0.05) is 27.7 Å². The first-order valence-corrected chi connectivity index (χ1v) is 7.79. The Balaban J connectivity index is 2.91. The van der Waals surface area contributed by atoms with Crippen LogP contribution in [0, 0.1) is 17.3 Å². The molecule has 0 spiro atoms. The lowest BCUT2D eigenvalue weighted by atomic mass is 9.85. The maximum Gasteiger partial charge on any atom is 0.264 e. The molecule has 5 heteroatoms. The fourth-order valence-electron chi connectivity index (χ4n) is 2.43. The van der Waals surface area contributed by atoms with Crippen molar-refractivity contribution in [3.05, 3.63) is 0 Å². The lowest BCUT2D eigenvalue weighted by Crippen LogP contribution is -2.36. The highest BCUT2D eigenvalue weighted by atomic mass is 32.2. The number of carbonyl (C=O) groups excluding carboxylic acids is 1. The minimum absolute atomic E-state index is 0.00701. The third-order valence-corrected chi connectivity index (χ3v) is 4.00. The van der Waals surface area contributed by atoms with Gasteiger partial charge in [0.15, 0.2) is 0 Å². The van der Waals surface area contributed by atoms with Gasteiger partial charge in [0.05, 0.1) is 12.4 Å². The quantitative estimate of drug-likeness (QED) is 0.727. The molecule has 0 N–H and O–H groups in total.